The van der Waals surface area contributed by atoms with Crippen molar-refractivity contribution in [3.8, 4) is 5.75 Å². The number of nitrogens with one attached hydrogen (secondary N) is 1. The predicted molar refractivity (Wildman–Crippen MR) is 79.8 cm³/mol. The topological polar surface area (TPSA) is 41.6 Å². The minimum atomic E-state index is -0.423. The summed E-state index contributed by atoms with van der Waals surface area (Å²) >= 11 is 0. The van der Waals surface area contributed by atoms with E-state index in [1.54, 1.807) is 0 Å². The lowest BCUT2D eigenvalue weighted by Gasteiger charge is -2.21. The van der Waals surface area contributed by atoms with Crippen LogP contribution in [0, 0.1) is 0 Å². The van der Waals surface area contributed by atoms with Crippen LogP contribution in [0.4, 0.5) is 0 Å². The molecule has 1 N–H and O–H groups in total. The summed E-state index contributed by atoms with van der Waals surface area (Å²) in [4.78, 5) is 14.1. The van der Waals surface area contributed by atoms with Crippen molar-refractivity contribution < 1.29 is 9.53 Å². The van der Waals surface area contributed by atoms with Crippen LogP contribution in [-0.4, -0.2) is 37.0 Å². The minimum absolute atomic E-state index is 0.0922. The number of amides is 1. The number of hydrogen-bond acceptors (Lipinski definition) is 3. The van der Waals surface area contributed by atoms with Crippen molar-refractivity contribution in [2.24, 2.45) is 0 Å². The van der Waals surface area contributed by atoms with Crippen LogP contribution >= 0.6 is 0 Å². The molecule has 0 spiro atoms. The van der Waals surface area contributed by atoms with Crippen molar-refractivity contribution in [3.05, 3.63) is 29.8 Å². The van der Waals surface area contributed by atoms with E-state index >= 15 is 0 Å². The normalized spacial score (nSPS) is 17.9. The first-order chi connectivity index (χ1) is 9.61. The summed E-state index contributed by atoms with van der Waals surface area (Å²) in [6.07, 6.45) is 1.79. The zero-order valence-corrected chi connectivity index (χ0v) is 12.6. The second-order valence-electron chi connectivity index (χ2n) is 5.38. The average Bonchev–Trinajstić information content (AvgIpc) is 3.00. The van der Waals surface area contributed by atoms with Crippen molar-refractivity contribution in [3.63, 3.8) is 0 Å². The highest BCUT2D eigenvalue weighted by Crippen LogP contribution is 2.20. The molecule has 1 fully saturated rings. The maximum absolute atomic E-state index is 12.2. The Balaban J connectivity index is 2.00. The molecular weight excluding hydrogens is 252 g/mol. The smallest absolute Gasteiger partial charge is 0.263 e. The number of rotatable bonds is 5. The van der Waals surface area contributed by atoms with Crippen LogP contribution in [0.3, 0.4) is 0 Å². The molecule has 1 saturated heterocycles. The molecule has 110 valence electrons. The Bertz CT molecular complexity index is 456. The number of hydrogen-bond donors (Lipinski definition) is 1. The van der Waals surface area contributed by atoms with E-state index in [0.29, 0.717) is 0 Å². The Kier molecular flexibility index (Phi) is 5.01. The third kappa shape index (κ3) is 3.51. The molecule has 1 aromatic carbocycles. The highest BCUT2D eigenvalue weighted by Gasteiger charge is 2.24. The van der Waals surface area contributed by atoms with E-state index in [4.69, 9.17) is 4.74 Å². The van der Waals surface area contributed by atoms with Crippen molar-refractivity contribution >= 4 is 5.91 Å². The van der Waals surface area contributed by atoms with Crippen LogP contribution in [0.25, 0.3) is 0 Å². The van der Waals surface area contributed by atoms with Crippen LogP contribution in [0.1, 0.15) is 38.3 Å². The standard InChI is InChI=1S/C16H24N2O2/c1-12(17-3)14-7-6-8-15(11-14)20-13(2)16(19)18-9-4-5-10-18/h6-8,11-13,17H,4-5,9-10H2,1-3H3. The van der Waals surface area contributed by atoms with Gasteiger partial charge >= 0.3 is 0 Å². The van der Waals surface area contributed by atoms with Crippen LogP contribution in [0.5, 0.6) is 5.75 Å². The summed E-state index contributed by atoms with van der Waals surface area (Å²) in [6, 6.07) is 8.18. The average molecular weight is 276 g/mol. The van der Waals surface area contributed by atoms with Crippen molar-refractivity contribution in [2.75, 3.05) is 20.1 Å². The van der Waals surface area contributed by atoms with Crippen molar-refractivity contribution in [1.82, 2.24) is 10.2 Å². The number of nitrogens with zero attached hydrogens (tertiary/aromatic N) is 1. The molecule has 0 radical (unpaired) electrons. The zero-order valence-electron chi connectivity index (χ0n) is 12.6. The van der Waals surface area contributed by atoms with Gasteiger partial charge in [0, 0.05) is 19.1 Å². The molecule has 1 aliphatic heterocycles. The predicted octanol–water partition coefficient (Wildman–Crippen LogP) is 2.36. The molecule has 0 saturated carbocycles. The van der Waals surface area contributed by atoms with Gasteiger partial charge in [0.1, 0.15) is 5.75 Å². The van der Waals surface area contributed by atoms with Gasteiger partial charge in [0.2, 0.25) is 0 Å². The molecular formula is C16H24N2O2. The Morgan fingerprint density at radius 1 is 1.30 bits per heavy atom. The van der Waals surface area contributed by atoms with E-state index in [1.807, 2.05) is 37.1 Å². The molecule has 1 heterocycles. The van der Waals surface area contributed by atoms with E-state index in [1.165, 1.54) is 0 Å². The summed E-state index contributed by atoms with van der Waals surface area (Å²) < 4.78 is 5.80. The molecule has 2 atom stereocenters. The molecule has 1 aliphatic rings. The van der Waals surface area contributed by atoms with Gasteiger partial charge in [-0.1, -0.05) is 12.1 Å². The van der Waals surface area contributed by atoms with Gasteiger partial charge in [-0.2, -0.15) is 0 Å². The van der Waals surface area contributed by atoms with E-state index in [0.717, 1.165) is 37.2 Å². The lowest BCUT2D eigenvalue weighted by Crippen LogP contribution is -2.38. The Morgan fingerprint density at radius 3 is 2.65 bits per heavy atom. The van der Waals surface area contributed by atoms with Crippen LogP contribution in [0.15, 0.2) is 24.3 Å². The molecule has 2 unspecified atom stereocenters. The first-order valence-electron chi connectivity index (χ1n) is 7.34. The number of benzene rings is 1. The van der Waals surface area contributed by atoms with E-state index in [9.17, 15) is 4.79 Å². The fourth-order valence-corrected chi connectivity index (χ4v) is 2.47. The fourth-order valence-electron chi connectivity index (χ4n) is 2.47. The second kappa shape index (κ2) is 6.75. The Hall–Kier alpha value is -1.55. The molecule has 20 heavy (non-hydrogen) atoms. The molecule has 1 aromatic rings. The quantitative estimate of drug-likeness (QED) is 0.897. The Labute approximate surface area is 121 Å². The maximum atomic E-state index is 12.2. The van der Waals surface area contributed by atoms with Crippen LogP contribution in [-0.2, 0) is 4.79 Å². The second-order valence-corrected chi connectivity index (χ2v) is 5.38. The van der Waals surface area contributed by atoms with Gasteiger partial charge in [0.15, 0.2) is 6.10 Å². The SMILES string of the molecule is CNC(C)c1cccc(OC(C)C(=O)N2CCCC2)c1. The molecule has 0 aliphatic carbocycles. The van der Waals surface area contributed by atoms with Gasteiger partial charge in [-0.05, 0) is 51.4 Å². The van der Waals surface area contributed by atoms with Gasteiger partial charge in [-0.15, -0.1) is 0 Å². The van der Waals surface area contributed by atoms with Gasteiger partial charge < -0.3 is 15.0 Å². The van der Waals surface area contributed by atoms with E-state index in [2.05, 4.69) is 18.3 Å². The summed E-state index contributed by atoms with van der Waals surface area (Å²) in [5.74, 6) is 0.846. The number of likely N-dealkylation sites (tertiary alicyclic amines) is 1. The highest BCUT2D eigenvalue weighted by molar-refractivity contribution is 5.81. The maximum Gasteiger partial charge on any atom is 0.263 e. The Morgan fingerprint density at radius 2 is 2.00 bits per heavy atom. The highest BCUT2D eigenvalue weighted by atomic mass is 16.5. The van der Waals surface area contributed by atoms with E-state index < -0.39 is 6.10 Å². The van der Waals surface area contributed by atoms with Crippen molar-refractivity contribution in [1.29, 1.82) is 0 Å². The molecule has 2 rings (SSSR count). The summed E-state index contributed by atoms with van der Waals surface area (Å²) in [7, 11) is 1.93. The molecule has 1 amide bonds. The third-order valence-corrected chi connectivity index (χ3v) is 3.87. The summed E-state index contributed by atoms with van der Waals surface area (Å²) in [5, 5.41) is 3.20. The number of carbonyl (C=O) groups excluding carboxylic acids is 1. The first-order valence-corrected chi connectivity index (χ1v) is 7.34. The molecule has 4 heteroatoms. The third-order valence-electron chi connectivity index (χ3n) is 3.87. The largest absolute Gasteiger partial charge is 0.481 e. The van der Waals surface area contributed by atoms with Gasteiger partial charge in [0.05, 0.1) is 0 Å². The zero-order chi connectivity index (χ0) is 14.5. The molecule has 4 nitrogen and oxygen atoms in total. The van der Waals surface area contributed by atoms with Gasteiger partial charge in [0.25, 0.3) is 5.91 Å². The van der Waals surface area contributed by atoms with Gasteiger partial charge in [-0.25, -0.2) is 0 Å². The summed E-state index contributed by atoms with van der Waals surface area (Å²) in [5.41, 5.74) is 1.16. The fraction of sp³-hybridized carbons (Fsp3) is 0.562. The molecule has 0 bridgehead atoms. The lowest BCUT2D eigenvalue weighted by molar-refractivity contribution is -0.136. The molecule has 0 aromatic heterocycles. The monoisotopic (exact) mass is 276 g/mol. The van der Waals surface area contributed by atoms with Crippen LogP contribution < -0.4 is 10.1 Å². The van der Waals surface area contributed by atoms with Gasteiger partial charge in [-0.3, -0.25) is 4.79 Å². The van der Waals surface area contributed by atoms with Crippen LogP contribution in [0.2, 0.25) is 0 Å². The number of carbonyl (C=O) groups is 1. The number of ether oxygens (including phenoxy) is 1. The first kappa shape index (κ1) is 14.9. The van der Waals surface area contributed by atoms with E-state index in [-0.39, 0.29) is 11.9 Å². The minimum Gasteiger partial charge on any atom is -0.481 e. The van der Waals surface area contributed by atoms with Crippen molar-refractivity contribution in [2.45, 2.75) is 38.8 Å². The lowest BCUT2D eigenvalue weighted by atomic mass is 10.1. The summed E-state index contributed by atoms with van der Waals surface area (Å²) in [6.45, 7) is 5.65.